The minimum atomic E-state index is 0.511. The first-order valence-electron chi connectivity index (χ1n) is 5.35. The van der Waals surface area contributed by atoms with Crippen molar-refractivity contribution >= 4 is 5.96 Å². The minimum Gasteiger partial charge on any atom is -0.361 e. The van der Waals surface area contributed by atoms with Crippen molar-refractivity contribution in [1.82, 2.24) is 15.9 Å². The zero-order valence-corrected chi connectivity index (χ0v) is 10.0. The monoisotopic (exact) mass is 225 g/mol. The quantitative estimate of drug-likeness (QED) is 0.302. The lowest BCUT2D eigenvalue weighted by atomic mass is 10.2. The van der Waals surface area contributed by atoms with Crippen LogP contribution in [0.25, 0.3) is 0 Å². The van der Waals surface area contributed by atoms with Crippen LogP contribution in [0, 0.1) is 13.8 Å². The number of nitrogens with one attached hydrogen (secondary N) is 2. The third-order valence-corrected chi connectivity index (χ3v) is 2.26. The van der Waals surface area contributed by atoms with Gasteiger partial charge in [-0.25, -0.2) is 10.8 Å². The zero-order chi connectivity index (χ0) is 12.0. The van der Waals surface area contributed by atoms with E-state index >= 15 is 0 Å². The van der Waals surface area contributed by atoms with Crippen molar-refractivity contribution in [1.29, 1.82) is 0 Å². The van der Waals surface area contributed by atoms with Crippen LogP contribution in [0.5, 0.6) is 0 Å². The molecule has 0 unspecified atom stereocenters. The normalized spacial score (nSPS) is 11.6. The molecule has 90 valence electrons. The first kappa shape index (κ1) is 12.5. The summed E-state index contributed by atoms with van der Waals surface area (Å²) < 4.78 is 5.05. The smallest absolute Gasteiger partial charge is 0.206 e. The highest BCUT2D eigenvalue weighted by molar-refractivity contribution is 5.79. The summed E-state index contributed by atoms with van der Waals surface area (Å²) in [6.45, 7) is 7.20. The van der Waals surface area contributed by atoms with Gasteiger partial charge in [-0.05, 0) is 20.3 Å². The van der Waals surface area contributed by atoms with Gasteiger partial charge in [0.2, 0.25) is 5.96 Å². The minimum absolute atomic E-state index is 0.511. The van der Waals surface area contributed by atoms with Gasteiger partial charge in [-0.3, -0.25) is 5.43 Å². The Morgan fingerprint density at radius 2 is 2.25 bits per heavy atom. The molecule has 0 amide bonds. The molecule has 0 aliphatic rings. The summed E-state index contributed by atoms with van der Waals surface area (Å²) in [5.41, 5.74) is 4.40. The van der Waals surface area contributed by atoms with Crippen LogP contribution in [0.4, 0.5) is 0 Å². The van der Waals surface area contributed by atoms with Gasteiger partial charge in [-0.1, -0.05) is 12.1 Å². The van der Waals surface area contributed by atoms with Crippen molar-refractivity contribution < 1.29 is 4.52 Å². The lowest BCUT2D eigenvalue weighted by molar-refractivity contribution is 0.392. The second-order valence-electron chi connectivity index (χ2n) is 3.54. The second kappa shape index (κ2) is 6.12. The topological polar surface area (TPSA) is 88.5 Å². The Labute approximate surface area is 95.3 Å². The number of hydrogen-bond acceptors (Lipinski definition) is 4. The maximum Gasteiger partial charge on any atom is 0.206 e. The van der Waals surface area contributed by atoms with Crippen LogP contribution in [0.2, 0.25) is 0 Å². The number of hydrazine groups is 1. The SMILES string of the molecule is CCCNC(=NCc1c(C)noc1C)NN. The van der Waals surface area contributed by atoms with Gasteiger partial charge in [-0.15, -0.1) is 0 Å². The van der Waals surface area contributed by atoms with Gasteiger partial charge < -0.3 is 9.84 Å². The molecular formula is C10H19N5O. The maximum absolute atomic E-state index is 5.35. The van der Waals surface area contributed by atoms with Crippen LogP contribution >= 0.6 is 0 Å². The zero-order valence-electron chi connectivity index (χ0n) is 10.0. The molecule has 1 aromatic rings. The summed E-state index contributed by atoms with van der Waals surface area (Å²) >= 11 is 0. The van der Waals surface area contributed by atoms with Gasteiger partial charge in [0.25, 0.3) is 0 Å². The number of aromatic nitrogens is 1. The number of nitrogens with zero attached hydrogens (tertiary/aromatic N) is 2. The standard InChI is InChI=1S/C10H19N5O/c1-4-5-12-10(14-11)13-6-9-7(2)15-16-8(9)3/h4-6,11H2,1-3H3,(H2,12,13,14). The molecule has 1 aromatic heterocycles. The lowest BCUT2D eigenvalue weighted by Crippen LogP contribution is -2.41. The Kier molecular flexibility index (Phi) is 4.78. The number of hydrogen-bond donors (Lipinski definition) is 3. The molecule has 0 atom stereocenters. The average molecular weight is 225 g/mol. The molecule has 0 saturated carbocycles. The van der Waals surface area contributed by atoms with Crippen LogP contribution in [0.3, 0.4) is 0 Å². The van der Waals surface area contributed by atoms with Gasteiger partial charge in [0, 0.05) is 12.1 Å². The first-order valence-corrected chi connectivity index (χ1v) is 5.35. The summed E-state index contributed by atoms with van der Waals surface area (Å²) in [5, 5.41) is 6.95. The van der Waals surface area contributed by atoms with Crippen molar-refractivity contribution in [2.24, 2.45) is 10.8 Å². The van der Waals surface area contributed by atoms with Crippen LogP contribution in [0.1, 0.15) is 30.4 Å². The first-order chi connectivity index (χ1) is 7.69. The van der Waals surface area contributed by atoms with E-state index in [0.717, 1.165) is 30.0 Å². The highest BCUT2D eigenvalue weighted by Crippen LogP contribution is 2.12. The predicted octanol–water partition coefficient (Wildman–Crippen LogP) is 0.610. The van der Waals surface area contributed by atoms with Crippen molar-refractivity contribution in [3.05, 3.63) is 17.0 Å². The largest absolute Gasteiger partial charge is 0.361 e. The van der Waals surface area contributed by atoms with E-state index in [1.54, 1.807) is 0 Å². The van der Waals surface area contributed by atoms with Crippen molar-refractivity contribution in [3.8, 4) is 0 Å². The number of aliphatic imine (C=N–C) groups is 1. The Bertz CT molecular complexity index is 339. The van der Waals surface area contributed by atoms with E-state index < -0.39 is 0 Å². The molecule has 0 fully saturated rings. The van der Waals surface area contributed by atoms with Gasteiger partial charge in [0.05, 0.1) is 12.2 Å². The summed E-state index contributed by atoms with van der Waals surface area (Å²) in [7, 11) is 0. The maximum atomic E-state index is 5.35. The summed E-state index contributed by atoms with van der Waals surface area (Å²) in [5.74, 6) is 6.73. The molecule has 4 N–H and O–H groups in total. The number of nitrogens with two attached hydrogens (primary N) is 1. The molecule has 0 aliphatic carbocycles. The van der Waals surface area contributed by atoms with Crippen molar-refractivity contribution in [3.63, 3.8) is 0 Å². The van der Waals surface area contributed by atoms with Crippen LogP contribution in [-0.2, 0) is 6.54 Å². The number of rotatable bonds is 4. The van der Waals surface area contributed by atoms with Gasteiger partial charge in [0.1, 0.15) is 5.76 Å². The molecule has 0 aliphatic heterocycles. The number of aryl methyl sites for hydroxylation is 2. The van der Waals surface area contributed by atoms with Crippen molar-refractivity contribution in [2.75, 3.05) is 6.54 Å². The number of guanidine groups is 1. The Hall–Kier alpha value is -1.56. The Morgan fingerprint density at radius 3 is 2.75 bits per heavy atom. The fourth-order valence-corrected chi connectivity index (χ4v) is 1.28. The molecular weight excluding hydrogens is 206 g/mol. The van der Waals surface area contributed by atoms with Gasteiger partial charge in [-0.2, -0.15) is 0 Å². The fraction of sp³-hybridized carbons (Fsp3) is 0.600. The highest BCUT2D eigenvalue weighted by Gasteiger charge is 2.07. The van der Waals surface area contributed by atoms with E-state index in [1.165, 1.54) is 0 Å². The van der Waals surface area contributed by atoms with Gasteiger partial charge in [0.15, 0.2) is 0 Å². The molecule has 6 nitrogen and oxygen atoms in total. The third kappa shape index (κ3) is 3.23. The molecule has 16 heavy (non-hydrogen) atoms. The van der Waals surface area contributed by atoms with E-state index in [0.29, 0.717) is 12.5 Å². The van der Waals surface area contributed by atoms with Crippen molar-refractivity contribution in [2.45, 2.75) is 33.7 Å². The van der Waals surface area contributed by atoms with E-state index in [-0.39, 0.29) is 0 Å². The lowest BCUT2D eigenvalue weighted by Gasteiger charge is -2.07. The van der Waals surface area contributed by atoms with Gasteiger partial charge >= 0.3 is 0 Å². The highest BCUT2D eigenvalue weighted by atomic mass is 16.5. The van der Waals surface area contributed by atoms with Crippen LogP contribution in [0.15, 0.2) is 9.52 Å². The second-order valence-corrected chi connectivity index (χ2v) is 3.54. The summed E-state index contributed by atoms with van der Waals surface area (Å²) in [6, 6.07) is 0. The van der Waals surface area contributed by atoms with Crippen LogP contribution in [-0.4, -0.2) is 17.7 Å². The van der Waals surface area contributed by atoms with Crippen LogP contribution < -0.4 is 16.6 Å². The predicted molar refractivity (Wildman–Crippen MR) is 62.7 cm³/mol. The van der Waals surface area contributed by atoms with E-state index in [9.17, 15) is 0 Å². The molecule has 0 radical (unpaired) electrons. The molecule has 0 saturated heterocycles. The Balaban J connectivity index is 2.62. The molecule has 1 heterocycles. The average Bonchev–Trinajstić information content (AvgIpc) is 2.60. The Morgan fingerprint density at radius 1 is 1.50 bits per heavy atom. The van der Waals surface area contributed by atoms with E-state index in [2.05, 4.69) is 27.8 Å². The molecule has 0 aromatic carbocycles. The molecule has 1 rings (SSSR count). The molecule has 0 spiro atoms. The van der Waals surface area contributed by atoms with E-state index in [4.69, 9.17) is 10.4 Å². The molecule has 0 bridgehead atoms. The molecule has 6 heteroatoms. The summed E-state index contributed by atoms with van der Waals surface area (Å²) in [4.78, 5) is 4.31. The summed E-state index contributed by atoms with van der Waals surface area (Å²) in [6.07, 6.45) is 1.02. The fourth-order valence-electron chi connectivity index (χ4n) is 1.28. The third-order valence-electron chi connectivity index (χ3n) is 2.26. The van der Waals surface area contributed by atoms with E-state index in [1.807, 2.05) is 13.8 Å².